The van der Waals surface area contributed by atoms with Crippen LogP contribution in [0.5, 0.6) is 0 Å². The normalized spacial score (nSPS) is 12.8. The number of hydrogen-bond acceptors (Lipinski definition) is 2. The highest BCUT2D eigenvalue weighted by atomic mass is 16.3. The SMILES string of the molecule is Cc1cccc(C(CO)CCCO)c1. The summed E-state index contributed by atoms with van der Waals surface area (Å²) in [5, 5.41) is 17.9. The van der Waals surface area contributed by atoms with Gasteiger partial charge in [-0.05, 0) is 25.3 Å². The van der Waals surface area contributed by atoms with Gasteiger partial charge in [0.25, 0.3) is 0 Å². The number of hydrogen-bond donors (Lipinski definition) is 2. The lowest BCUT2D eigenvalue weighted by Gasteiger charge is -2.14. The van der Waals surface area contributed by atoms with Crippen molar-refractivity contribution in [1.82, 2.24) is 0 Å². The number of aryl methyl sites for hydroxylation is 1. The van der Waals surface area contributed by atoms with Crippen LogP contribution in [0.25, 0.3) is 0 Å². The quantitative estimate of drug-likeness (QED) is 0.751. The highest BCUT2D eigenvalue weighted by Crippen LogP contribution is 2.21. The summed E-state index contributed by atoms with van der Waals surface area (Å²) in [6.07, 6.45) is 1.59. The molecule has 0 aliphatic rings. The zero-order valence-electron chi connectivity index (χ0n) is 8.61. The highest BCUT2D eigenvalue weighted by molar-refractivity contribution is 5.25. The molecule has 0 aliphatic heterocycles. The number of benzene rings is 1. The van der Waals surface area contributed by atoms with E-state index in [1.807, 2.05) is 25.1 Å². The lowest BCUT2D eigenvalue weighted by Crippen LogP contribution is -2.05. The summed E-state index contributed by atoms with van der Waals surface area (Å²) in [6, 6.07) is 8.18. The van der Waals surface area contributed by atoms with Gasteiger partial charge in [0.2, 0.25) is 0 Å². The van der Waals surface area contributed by atoms with Crippen LogP contribution in [0, 0.1) is 6.92 Å². The Labute approximate surface area is 85.2 Å². The molecule has 78 valence electrons. The van der Waals surface area contributed by atoms with E-state index in [0.29, 0.717) is 0 Å². The summed E-state index contributed by atoms with van der Waals surface area (Å²) >= 11 is 0. The first-order chi connectivity index (χ1) is 6.77. The maximum atomic E-state index is 9.22. The molecule has 2 N–H and O–H groups in total. The Morgan fingerprint density at radius 1 is 1.29 bits per heavy atom. The minimum absolute atomic E-state index is 0.156. The third-order valence-corrected chi connectivity index (χ3v) is 2.44. The van der Waals surface area contributed by atoms with Crippen LogP contribution in [0.15, 0.2) is 24.3 Å². The average molecular weight is 194 g/mol. The predicted octanol–water partition coefficient (Wildman–Crippen LogP) is 1.84. The molecule has 1 unspecified atom stereocenters. The second-order valence-electron chi connectivity index (χ2n) is 3.66. The van der Waals surface area contributed by atoms with Gasteiger partial charge >= 0.3 is 0 Å². The van der Waals surface area contributed by atoms with Crippen molar-refractivity contribution in [3.05, 3.63) is 35.4 Å². The lowest BCUT2D eigenvalue weighted by atomic mass is 9.94. The summed E-state index contributed by atoms with van der Waals surface area (Å²) in [5.74, 6) is 0.169. The highest BCUT2D eigenvalue weighted by Gasteiger charge is 2.09. The topological polar surface area (TPSA) is 40.5 Å². The number of aliphatic hydroxyl groups is 2. The van der Waals surface area contributed by atoms with Gasteiger partial charge in [0.05, 0.1) is 0 Å². The van der Waals surface area contributed by atoms with Gasteiger partial charge in [-0.1, -0.05) is 29.8 Å². The molecule has 0 fully saturated rings. The second kappa shape index (κ2) is 5.78. The Balaban J connectivity index is 2.68. The number of rotatable bonds is 5. The van der Waals surface area contributed by atoms with Gasteiger partial charge in [0.1, 0.15) is 0 Å². The standard InChI is InChI=1S/C12H18O2/c1-10-4-2-5-11(8-10)12(9-14)6-3-7-13/h2,4-5,8,12-14H,3,6-7,9H2,1H3. The molecule has 1 atom stereocenters. The molecule has 2 nitrogen and oxygen atoms in total. The van der Waals surface area contributed by atoms with Crippen LogP contribution in [0.4, 0.5) is 0 Å². The van der Waals surface area contributed by atoms with Crippen molar-refractivity contribution in [3.63, 3.8) is 0 Å². The van der Waals surface area contributed by atoms with Crippen molar-refractivity contribution in [2.24, 2.45) is 0 Å². The Morgan fingerprint density at radius 2 is 2.07 bits per heavy atom. The molecule has 0 aromatic heterocycles. The molecule has 1 aromatic carbocycles. The van der Waals surface area contributed by atoms with Crippen molar-refractivity contribution in [3.8, 4) is 0 Å². The van der Waals surface area contributed by atoms with E-state index in [9.17, 15) is 5.11 Å². The predicted molar refractivity (Wildman–Crippen MR) is 57.3 cm³/mol. The first-order valence-electron chi connectivity index (χ1n) is 5.06. The fourth-order valence-electron chi connectivity index (χ4n) is 1.63. The van der Waals surface area contributed by atoms with E-state index in [1.165, 1.54) is 11.1 Å². The van der Waals surface area contributed by atoms with E-state index in [-0.39, 0.29) is 19.1 Å². The molecular weight excluding hydrogens is 176 g/mol. The molecule has 0 saturated carbocycles. The van der Waals surface area contributed by atoms with E-state index < -0.39 is 0 Å². The molecule has 1 rings (SSSR count). The minimum atomic E-state index is 0.156. The van der Waals surface area contributed by atoms with Crippen LogP contribution in [-0.4, -0.2) is 23.4 Å². The third-order valence-electron chi connectivity index (χ3n) is 2.44. The van der Waals surface area contributed by atoms with Crippen LogP contribution >= 0.6 is 0 Å². The van der Waals surface area contributed by atoms with Gasteiger partial charge in [0.15, 0.2) is 0 Å². The first-order valence-corrected chi connectivity index (χ1v) is 5.06. The third kappa shape index (κ3) is 3.13. The van der Waals surface area contributed by atoms with Gasteiger partial charge in [-0.15, -0.1) is 0 Å². The molecule has 0 heterocycles. The van der Waals surface area contributed by atoms with Gasteiger partial charge in [0, 0.05) is 19.1 Å². The van der Waals surface area contributed by atoms with E-state index >= 15 is 0 Å². The second-order valence-corrected chi connectivity index (χ2v) is 3.66. The molecule has 14 heavy (non-hydrogen) atoms. The van der Waals surface area contributed by atoms with Crippen LogP contribution in [0.1, 0.15) is 29.9 Å². The average Bonchev–Trinajstić information content (AvgIpc) is 2.19. The first kappa shape index (κ1) is 11.2. The molecule has 0 radical (unpaired) electrons. The summed E-state index contributed by atoms with van der Waals surface area (Å²) in [7, 11) is 0. The van der Waals surface area contributed by atoms with Crippen molar-refractivity contribution in [2.45, 2.75) is 25.7 Å². The monoisotopic (exact) mass is 194 g/mol. The molecule has 0 aliphatic carbocycles. The van der Waals surface area contributed by atoms with E-state index in [2.05, 4.69) is 6.07 Å². The Bertz CT molecular complexity index is 271. The Kier molecular flexibility index (Phi) is 4.63. The summed E-state index contributed by atoms with van der Waals surface area (Å²) in [6.45, 7) is 2.40. The zero-order valence-corrected chi connectivity index (χ0v) is 8.61. The fourth-order valence-corrected chi connectivity index (χ4v) is 1.63. The van der Waals surface area contributed by atoms with Gasteiger partial charge in [-0.25, -0.2) is 0 Å². The van der Waals surface area contributed by atoms with Crippen LogP contribution < -0.4 is 0 Å². The van der Waals surface area contributed by atoms with Gasteiger partial charge in [-0.2, -0.15) is 0 Å². The van der Waals surface area contributed by atoms with E-state index in [4.69, 9.17) is 5.11 Å². The molecule has 2 heteroatoms. The number of aliphatic hydroxyl groups excluding tert-OH is 2. The van der Waals surface area contributed by atoms with Crippen molar-refractivity contribution in [1.29, 1.82) is 0 Å². The lowest BCUT2D eigenvalue weighted by molar-refractivity contribution is 0.237. The zero-order chi connectivity index (χ0) is 10.4. The van der Waals surface area contributed by atoms with Crippen LogP contribution in [0.3, 0.4) is 0 Å². The maximum absolute atomic E-state index is 9.22. The van der Waals surface area contributed by atoms with Crippen LogP contribution in [0.2, 0.25) is 0 Å². The van der Waals surface area contributed by atoms with Crippen molar-refractivity contribution < 1.29 is 10.2 Å². The molecule has 0 spiro atoms. The van der Waals surface area contributed by atoms with E-state index in [1.54, 1.807) is 0 Å². The van der Waals surface area contributed by atoms with Gasteiger partial charge in [-0.3, -0.25) is 0 Å². The molecule has 0 saturated heterocycles. The molecule has 1 aromatic rings. The fraction of sp³-hybridized carbons (Fsp3) is 0.500. The maximum Gasteiger partial charge on any atom is 0.0499 e. The van der Waals surface area contributed by atoms with Gasteiger partial charge < -0.3 is 10.2 Å². The van der Waals surface area contributed by atoms with Crippen LogP contribution in [-0.2, 0) is 0 Å². The molecular formula is C12H18O2. The Hall–Kier alpha value is -0.860. The minimum Gasteiger partial charge on any atom is -0.396 e. The molecule has 0 bridgehead atoms. The van der Waals surface area contributed by atoms with Crippen molar-refractivity contribution >= 4 is 0 Å². The summed E-state index contributed by atoms with van der Waals surface area (Å²) in [5.41, 5.74) is 2.38. The smallest absolute Gasteiger partial charge is 0.0499 e. The largest absolute Gasteiger partial charge is 0.396 e. The Morgan fingerprint density at radius 3 is 2.64 bits per heavy atom. The summed E-state index contributed by atoms with van der Waals surface area (Å²) in [4.78, 5) is 0. The molecule has 0 amide bonds. The van der Waals surface area contributed by atoms with E-state index in [0.717, 1.165) is 12.8 Å². The van der Waals surface area contributed by atoms with Crippen molar-refractivity contribution in [2.75, 3.05) is 13.2 Å². The summed E-state index contributed by atoms with van der Waals surface area (Å²) < 4.78 is 0.